The van der Waals surface area contributed by atoms with Crippen molar-refractivity contribution in [2.45, 2.75) is 6.92 Å². The Hall–Kier alpha value is -2.76. The molecule has 0 unspecified atom stereocenters. The van der Waals surface area contributed by atoms with Crippen LogP contribution in [0.5, 0.6) is 0 Å². The van der Waals surface area contributed by atoms with Gasteiger partial charge >= 0.3 is 0 Å². The summed E-state index contributed by atoms with van der Waals surface area (Å²) < 4.78 is 1.62. The standard InChI is InChI=1S/C13H11N5O/c1-9(19)15-11-4-2-10(3-5-11)12-6-7-13-16-14-8-18(13)17-12/h2-8H,1H3,(H,15,19). The Morgan fingerprint density at radius 3 is 2.68 bits per heavy atom. The van der Waals surface area contributed by atoms with Crippen LogP contribution in [-0.2, 0) is 4.79 Å². The first-order valence-corrected chi connectivity index (χ1v) is 5.77. The van der Waals surface area contributed by atoms with E-state index in [1.165, 1.54) is 6.92 Å². The molecule has 3 aromatic rings. The van der Waals surface area contributed by atoms with E-state index < -0.39 is 0 Å². The van der Waals surface area contributed by atoms with Crippen LogP contribution in [0, 0.1) is 0 Å². The molecular formula is C13H11N5O. The van der Waals surface area contributed by atoms with E-state index >= 15 is 0 Å². The lowest BCUT2D eigenvalue weighted by Gasteiger charge is -2.04. The topological polar surface area (TPSA) is 72.2 Å². The Labute approximate surface area is 109 Å². The average Bonchev–Trinajstić information content (AvgIpc) is 2.86. The van der Waals surface area contributed by atoms with E-state index in [0.29, 0.717) is 5.65 Å². The smallest absolute Gasteiger partial charge is 0.221 e. The summed E-state index contributed by atoms with van der Waals surface area (Å²) in [5, 5.41) is 14.8. The Balaban J connectivity index is 1.94. The molecule has 0 radical (unpaired) electrons. The molecule has 6 heteroatoms. The molecule has 0 saturated carbocycles. The molecule has 2 heterocycles. The van der Waals surface area contributed by atoms with Crippen molar-refractivity contribution in [2.75, 3.05) is 5.32 Å². The normalized spacial score (nSPS) is 10.6. The number of anilines is 1. The first kappa shape index (κ1) is 11.3. The number of carbonyl (C=O) groups excluding carboxylic acids is 1. The molecule has 0 fully saturated rings. The van der Waals surface area contributed by atoms with Crippen LogP contribution >= 0.6 is 0 Å². The van der Waals surface area contributed by atoms with Crippen LogP contribution in [0.1, 0.15) is 6.92 Å². The van der Waals surface area contributed by atoms with Crippen molar-refractivity contribution in [1.29, 1.82) is 0 Å². The van der Waals surface area contributed by atoms with Crippen LogP contribution < -0.4 is 5.32 Å². The SMILES string of the molecule is CC(=O)Nc1ccc(-c2ccc3nncn3n2)cc1. The minimum Gasteiger partial charge on any atom is -0.326 e. The highest BCUT2D eigenvalue weighted by molar-refractivity contribution is 5.88. The molecule has 1 N–H and O–H groups in total. The van der Waals surface area contributed by atoms with E-state index in [2.05, 4.69) is 20.6 Å². The molecule has 1 aromatic carbocycles. The number of hydrogen-bond donors (Lipinski definition) is 1. The summed E-state index contributed by atoms with van der Waals surface area (Å²) in [6.45, 7) is 1.48. The number of fused-ring (bicyclic) bond motifs is 1. The van der Waals surface area contributed by atoms with Gasteiger partial charge in [0.15, 0.2) is 5.65 Å². The minimum atomic E-state index is -0.0863. The zero-order valence-corrected chi connectivity index (χ0v) is 10.2. The summed E-state index contributed by atoms with van der Waals surface area (Å²) in [6.07, 6.45) is 1.56. The van der Waals surface area contributed by atoms with Gasteiger partial charge < -0.3 is 5.32 Å². The van der Waals surface area contributed by atoms with Crippen LogP contribution in [0.2, 0.25) is 0 Å². The van der Waals surface area contributed by atoms with Gasteiger partial charge in [-0.25, -0.2) is 0 Å². The highest BCUT2D eigenvalue weighted by Gasteiger charge is 2.03. The van der Waals surface area contributed by atoms with Gasteiger partial charge in [-0.15, -0.1) is 10.2 Å². The molecule has 0 spiro atoms. The predicted octanol–water partition coefficient (Wildman–Crippen LogP) is 1.75. The van der Waals surface area contributed by atoms with Gasteiger partial charge in [-0.05, 0) is 24.3 Å². The number of benzene rings is 1. The molecule has 0 bridgehead atoms. The van der Waals surface area contributed by atoms with E-state index in [1.807, 2.05) is 36.4 Å². The van der Waals surface area contributed by atoms with Gasteiger partial charge in [0.25, 0.3) is 0 Å². The number of amides is 1. The van der Waals surface area contributed by atoms with Gasteiger partial charge in [-0.1, -0.05) is 12.1 Å². The first-order chi connectivity index (χ1) is 9.22. The first-order valence-electron chi connectivity index (χ1n) is 5.77. The minimum absolute atomic E-state index is 0.0863. The molecule has 3 rings (SSSR count). The molecule has 6 nitrogen and oxygen atoms in total. The van der Waals surface area contributed by atoms with Crippen LogP contribution in [0.4, 0.5) is 5.69 Å². The van der Waals surface area contributed by atoms with Crippen LogP contribution in [0.15, 0.2) is 42.7 Å². The highest BCUT2D eigenvalue weighted by atomic mass is 16.1. The van der Waals surface area contributed by atoms with Crippen molar-refractivity contribution in [3.63, 3.8) is 0 Å². The Morgan fingerprint density at radius 1 is 1.16 bits per heavy atom. The van der Waals surface area contributed by atoms with Crippen molar-refractivity contribution in [1.82, 2.24) is 19.8 Å². The fourth-order valence-corrected chi connectivity index (χ4v) is 1.81. The Bertz CT molecular complexity index is 732. The van der Waals surface area contributed by atoms with Crippen molar-refractivity contribution in [3.8, 4) is 11.3 Å². The van der Waals surface area contributed by atoms with Crippen molar-refractivity contribution < 1.29 is 4.79 Å². The second-order valence-electron chi connectivity index (χ2n) is 4.11. The Morgan fingerprint density at radius 2 is 1.95 bits per heavy atom. The fourth-order valence-electron chi connectivity index (χ4n) is 1.81. The maximum absolute atomic E-state index is 10.9. The van der Waals surface area contributed by atoms with Crippen LogP contribution in [0.3, 0.4) is 0 Å². The molecule has 94 valence electrons. The van der Waals surface area contributed by atoms with Gasteiger partial charge in [0.05, 0.1) is 5.69 Å². The third-order valence-corrected chi connectivity index (χ3v) is 2.66. The molecule has 19 heavy (non-hydrogen) atoms. The summed E-state index contributed by atoms with van der Waals surface area (Å²) in [7, 11) is 0. The zero-order valence-electron chi connectivity index (χ0n) is 10.2. The average molecular weight is 253 g/mol. The maximum Gasteiger partial charge on any atom is 0.221 e. The van der Waals surface area contributed by atoms with Gasteiger partial charge in [-0.3, -0.25) is 4.79 Å². The number of carbonyl (C=O) groups is 1. The lowest BCUT2D eigenvalue weighted by Crippen LogP contribution is -2.05. The second-order valence-corrected chi connectivity index (χ2v) is 4.11. The van der Waals surface area contributed by atoms with Crippen LogP contribution in [-0.4, -0.2) is 25.7 Å². The maximum atomic E-state index is 10.9. The molecular weight excluding hydrogens is 242 g/mol. The number of nitrogens with one attached hydrogen (secondary N) is 1. The van der Waals surface area contributed by atoms with Crippen LogP contribution in [0.25, 0.3) is 16.9 Å². The summed E-state index contributed by atoms with van der Waals surface area (Å²) in [4.78, 5) is 10.9. The van der Waals surface area contributed by atoms with Crippen molar-refractivity contribution >= 4 is 17.2 Å². The highest BCUT2D eigenvalue weighted by Crippen LogP contribution is 2.19. The van der Waals surface area contributed by atoms with E-state index in [1.54, 1.807) is 10.8 Å². The second kappa shape index (κ2) is 4.49. The molecule has 0 atom stereocenters. The molecule has 0 saturated heterocycles. The third kappa shape index (κ3) is 2.28. The molecule has 0 aliphatic rings. The quantitative estimate of drug-likeness (QED) is 0.755. The van der Waals surface area contributed by atoms with Gasteiger partial charge in [-0.2, -0.15) is 9.61 Å². The number of aromatic nitrogens is 4. The number of hydrogen-bond acceptors (Lipinski definition) is 4. The number of rotatable bonds is 2. The lowest BCUT2D eigenvalue weighted by atomic mass is 10.1. The fraction of sp³-hybridized carbons (Fsp3) is 0.0769. The predicted molar refractivity (Wildman–Crippen MR) is 70.5 cm³/mol. The van der Waals surface area contributed by atoms with E-state index in [-0.39, 0.29) is 5.91 Å². The summed E-state index contributed by atoms with van der Waals surface area (Å²) in [5.41, 5.74) is 3.26. The lowest BCUT2D eigenvalue weighted by molar-refractivity contribution is -0.114. The van der Waals surface area contributed by atoms with Gasteiger partial charge in [0.1, 0.15) is 6.33 Å². The van der Waals surface area contributed by atoms with Gasteiger partial charge in [0, 0.05) is 18.2 Å². The van der Waals surface area contributed by atoms with Crippen molar-refractivity contribution in [2.24, 2.45) is 0 Å². The molecule has 2 aromatic heterocycles. The van der Waals surface area contributed by atoms with Crippen molar-refractivity contribution in [3.05, 3.63) is 42.7 Å². The zero-order chi connectivity index (χ0) is 13.2. The molecule has 1 amide bonds. The number of nitrogens with zero attached hydrogens (tertiary/aromatic N) is 4. The van der Waals surface area contributed by atoms with E-state index in [9.17, 15) is 4.79 Å². The summed E-state index contributed by atoms with van der Waals surface area (Å²) in [6, 6.07) is 11.2. The third-order valence-electron chi connectivity index (χ3n) is 2.66. The van der Waals surface area contributed by atoms with E-state index in [0.717, 1.165) is 16.9 Å². The van der Waals surface area contributed by atoms with E-state index in [4.69, 9.17) is 0 Å². The summed E-state index contributed by atoms with van der Waals surface area (Å²) in [5.74, 6) is -0.0863. The van der Waals surface area contributed by atoms with Gasteiger partial charge in [0.2, 0.25) is 5.91 Å². The summed E-state index contributed by atoms with van der Waals surface area (Å²) >= 11 is 0. The molecule has 0 aliphatic heterocycles. The Kier molecular flexibility index (Phi) is 2.68. The molecule has 0 aliphatic carbocycles. The monoisotopic (exact) mass is 253 g/mol. The largest absolute Gasteiger partial charge is 0.326 e.